The van der Waals surface area contributed by atoms with Gasteiger partial charge in [0, 0.05) is 0 Å². The number of benzene rings is 3. The fraction of sp³-hybridized carbons (Fsp3) is 0.185. The lowest BCUT2D eigenvalue weighted by Crippen LogP contribution is -2.19. The van der Waals surface area contributed by atoms with Crippen molar-refractivity contribution in [3.63, 3.8) is 0 Å². The third kappa shape index (κ3) is 6.10. The van der Waals surface area contributed by atoms with Crippen LogP contribution in [0.5, 0.6) is 11.5 Å². The van der Waals surface area contributed by atoms with Crippen LogP contribution in [0.2, 0.25) is 0 Å². The van der Waals surface area contributed by atoms with Gasteiger partial charge in [-0.3, -0.25) is 4.79 Å². The zero-order chi connectivity index (χ0) is 24.1. The van der Waals surface area contributed by atoms with E-state index in [4.69, 9.17) is 9.47 Å². The molecule has 1 amide bonds. The predicted molar refractivity (Wildman–Crippen MR) is 143 cm³/mol. The molecule has 174 valence electrons. The van der Waals surface area contributed by atoms with Crippen molar-refractivity contribution in [1.29, 1.82) is 0 Å². The van der Waals surface area contributed by atoms with Crippen LogP contribution >= 0.6 is 27.7 Å². The summed E-state index contributed by atoms with van der Waals surface area (Å²) in [5.74, 6) is 1.08. The Morgan fingerprint density at radius 1 is 1.03 bits per heavy atom. The van der Waals surface area contributed by atoms with Gasteiger partial charge in [0.05, 0.1) is 21.7 Å². The minimum Gasteiger partial charge on any atom is -0.490 e. The average Bonchev–Trinajstić information content (AvgIpc) is 3.11. The van der Waals surface area contributed by atoms with Crippen molar-refractivity contribution in [1.82, 2.24) is 5.32 Å². The molecule has 0 atom stereocenters. The van der Waals surface area contributed by atoms with E-state index in [0.29, 0.717) is 34.8 Å². The van der Waals surface area contributed by atoms with Crippen molar-refractivity contribution in [3.05, 3.63) is 92.3 Å². The number of ether oxygens (including phenoxy) is 2. The van der Waals surface area contributed by atoms with Crippen molar-refractivity contribution >= 4 is 50.5 Å². The minimum atomic E-state index is -0.174. The van der Waals surface area contributed by atoms with Gasteiger partial charge in [0.15, 0.2) is 16.7 Å². The van der Waals surface area contributed by atoms with Crippen molar-refractivity contribution in [2.75, 3.05) is 6.61 Å². The SMILES string of the molecule is CCOc1cc(/C=C2/SC(=Nc3cc(C)cc(C)c3)NC2=O)cc(Br)c1OCc1ccccc1. The number of halogens is 1. The van der Waals surface area contributed by atoms with Crippen molar-refractivity contribution < 1.29 is 14.3 Å². The normalized spacial score (nSPS) is 15.6. The summed E-state index contributed by atoms with van der Waals surface area (Å²) in [5, 5.41) is 3.42. The molecular formula is C27H25BrN2O3S. The highest BCUT2D eigenvalue weighted by molar-refractivity contribution is 9.10. The summed E-state index contributed by atoms with van der Waals surface area (Å²) in [6.07, 6.45) is 1.83. The van der Waals surface area contributed by atoms with Gasteiger partial charge in [-0.2, -0.15) is 0 Å². The van der Waals surface area contributed by atoms with Crippen LogP contribution in [0.3, 0.4) is 0 Å². The Kier molecular flexibility index (Phi) is 7.75. The zero-order valence-corrected chi connectivity index (χ0v) is 21.6. The van der Waals surface area contributed by atoms with E-state index in [1.54, 1.807) is 0 Å². The van der Waals surface area contributed by atoms with Crippen molar-refractivity contribution in [2.45, 2.75) is 27.4 Å². The first-order valence-corrected chi connectivity index (χ1v) is 12.5. The van der Waals surface area contributed by atoms with Crippen LogP contribution in [0.25, 0.3) is 6.08 Å². The highest BCUT2D eigenvalue weighted by Gasteiger charge is 2.24. The molecule has 0 bridgehead atoms. The summed E-state index contributed by atoms with van der Waals surface area (Å²) in [6.45, 7) is 6.91. The second kappa shape index (κ2) is 10.9. The minimum absolute atomic E-state index is 0.174. The molecule has 1 aliphatic heterocycles. The van der Waals surface area contributed by atoms with Gasteiger partial charge in [0.2, 0.25) is 0 Å². The van der Waals surface area contributed by atoms with Crippen LogP contribution in [0, 0.1) is 13.8 Å². The molecule has 1 aliphatic rings. The number of carbonyl (C=O) groups excluding carboxylic acids is 1. The Hall–Kier alpha value is -3.03. The fourth-order valence-electron chi connectivity index (χ4n) is 3.57. The predicted octanol–water partition coefficient (Wildman–Crippen LogP) is 6.94. The molecule has 0 spiro atoms. The Labute approximate surface area is 212 Å². The van der Waals surface area contributed by atoms with E-state index in [2.05, 4.69) is 32.3 Å². The molecule has 0 unspecified atom stereocenters. The summed E-state index contributed by atoms with van der Waals surface area (Å²) in [5.41, 5.74) is 4.98. The van der Waals surface area contributed by atoms with Crippen LogP contribution in [-0.4, -0.2) is 17.7 Å². The maximum absolute atomic E-state index is 12.6. The molecule has 3 aromatic rings. The van der Waals surface area contributed by atoms with Gasteiger partial charge in [-0.05, 0) is 101 Å². The highest BCUT2D eigenvalue weighted by atomic mass is 79.9. The van der Waals surface area contributed by atoms with E-state index in [1.807, 2.05) is 81.4 Å². The summed E-state index contributed by atoms with van der Waals surface area (Å²) in [7, 11) is 0. The topological polar surface area (TPSA) is 59.9 Å². The molecule has 0 aliphatic carbocycles. The lowest BCUT2D eigenvalue weighted by Gasteiger charge is -2.15. The molecule has 34 heavy (non-hydrogen) atoms. The lowest BCUT2D eigenvalue weighted by atomic mass is 10.1. The zero-order valence-electron chi connectivity index (χ0n) is 19.2. The number of hydrogen-bond acceptors (Lipinski definition) is 5. The molecule has 3 aromatic carbocycles. The quantitative estimate of drug-likeness (QED) is 0.332. The number of thioether (sulfide) groups is 1. The maximum Gasteiger partial charge on any atom is 0.264 e. The first-order valence-electron chi connectivity index (χ1n) is 10.9. The largest absolute Gasteiger partial charge is 0.490 e. The number of amides is 1. The van der Waals surface area contributed by atoms with E-state index in [1.165, 1.54) is 11.8 Å². The standard InChI is InChI=1S/C27H25BrN2O3S/c1-4-32-23-14-20(13-22(28)25(23)33-16-19-8-6-5-7-9-19)15-24-26(31)30-27(34-24)29-21-11-17(2)10-18(3)12-21/h5-15H,4,16H2,1-3H3,(H,29,30,31)/b24-15+. The summed E-state index contributed by atoms with van der Waals surface area (Å²) in [6, 6.07) is 19.8. The summed E-state index contributed by atoms with van der Waals surface area (Å²) in [4.78, 5) is 17.8. The molecule has 7 heteroatoms. The number of nitrogens with zero attached hydrogens (tertiary/aromatic N) is 1. The Balaban J connectivity index is 1.57. The van der Waals surface area contributed by atoms with Crippen molar-refractivity contribution in [3.8, 4) is 11.5 Å². The first-order chi connectivity index (χ1) is 16.4. The molecule has 0 radical (unpaired) electrons. The number of aryl methyl sites for hydroxylation is 2. The molecule has 0 saturated carbocycles. The number of nitrogens with one attached hydrogen (secondary N) is 1. The second-order valence-electron chi connectivity index (χ2n) is 7.86. The molecule has 1 fully saturated rings. The van der Waals surface area contributed by atoms with Gasteiger partial charge < -0.3 is 14.8 Å². The number of carbonyl (C=O) groups is 1. The van der Waals surface area contributed by atoms with Gasteiger partial charge in [-0.25, -0.2) is 4.99 Å². The molecule has 5 nitrogen and oxygen atoms in total. The Bertz CT molecular complexity index is 1250. The van der Waals surface area contributed by atoms with E-state index in [9.17, 15) is 4.79 Å². The van der Waals surface area contributed by atoms with Gasteiger partial charge >= 0.3 is 0 Å². The highest BCUT2D eigenvalue weighted by Crippen LogP contribution is 2.39. The summed E-state index contributed by atoms with van der Waals surface area (Å²) >= 11 is 4.93. The second-order valence-corrected chi connectivity index (χ2v) is 9.75. The molecule has 0 aromatic heterocycles. The molecule has 1 saturated heterocycles. The van der Waals surface area contributed by atoms with Crippen LogP contribution in [0.15, 0.2) is 75.0 Å². The van der Waals surface area contributed by atoms with Gasteiger partial charge in [0.1, 0.15) is 6.61 Å². The summed E-state index contributed by atoms with van der Waals surface area (Å²) < 4.78 is 12.7. The smallest absolute Gasteiger partial charge is 0.264 e. The van der Waals surface area contributed by atoms with E-state index < -0.39 is 0 Å². The van der Waals surface area contributed by atoms with Crippen LogP contribution < -0.4 is 14.8 Å². The number of rotatable bonds is 7. The van der Waals surface area contributed by atoms with Crippen LogP contribution in [0.4, 0.5) is 5.69 Å². The van der Waals surface area contributed by atoms with E-state index >= 15 is 0 Å². The maximum atomic E-state index is 12.6. The van der Waals surface area contributed by atoms with Crippen LogP contribution in [-0.2, 0) is 11.4 Å². The van der Waals surface area contributed by atoms with E-state index in [0.717, 1.165) is 32.4 Å². The first kappa shape index (κ1) is 24.1. The Morgan fingerprint density at radius 3 is 2.47 bits per heavy atom. The Morgan fingerprint density at radius 2 is 1.76 bits per heavy atom. The molecule has 1 heterocycles. The number of hydrogen-bond donors (Lipinski definition) is 1. The van der Waals surface area contributed by atoms with E-state index in [-0.39, 0.29) is 5.91 Å². The number of aliphatic imine (C=N–C) groups is 1. The number of amidine groups is 1. The molecular weight excluding hydrogens is 512 g/mol. The monoisotopic (exact) mass is 536 g/mol. The average molecular weight is 537 g/mol. The molecule has 4 rings (SSSR count). The van der Waals surface area contributed by atoms with Crippen molar-refractivity contribution in [2.24, 2.45) is 4.99 Å². The fourth-order valence-corrected chi connectivity index (χ4v) is 4.98. The van der Waals surface area contributed by atoms with Gasteiger partial charge in [-0.15, -0.1) is 0 Å². The van der Waals surface area contributed by atoms with Gasteiger partial charge in [-0.1, -0.05) is 36.4 Å². The lowest BCUT2D eigenvalue weighted by molar-refractivity contribution is -0.115. The van der Waals surface area contributed by atoms with Crippen LogP contribution in [0.1, 0.15) is 29.2 Å². The third-order valence-corrected chi connectivity index (χ3v) is 6.44. The van der Waals surface area contributed by atoms with Gasteiger partial charge in [0.25, 0.3) is 5.91 Å². The molecule has 1 N–H and O–H groups in total. The third-order valence-electron chi connectivity index (χ3n) is 4.94.